The van der Waals surface area contributed by atoms with Crippen molar-refractivity contribution in [3.8, 4) is 5.75 Å². The first kappa shape index (κ1) is 22.4. The molecule has 0 atom stereocenters. The molecule has 2 aromatic carbocycles. The lowest BCUT2D eigenvalue weighted by Crippen LogP contribution is -2.16. The van der Waals surface area contributed by atoms with Crippen LogP contribution in [0.4, 0.5) is 5.69 Å². The Morgan fingerprint density at radius 3 is 2.37 bits per heavy atom. The Hall–Kier alpha value is -2.32. The topological polar surface area (TPSA) is 69.0 Å². The Morgan fingerprint density at radius 2 is 1.73 bits per heavy atom. The van der Waals surface area contributed by atoms with E-state index in [-0.39, 0.29) is 11.7 Å². The highest BCUT2D eigenvalue weighted by Crippen LogP contribution is 2.26. The van der Waals surface area contributed by atoms with Gasteiger partial charge in [-0.3, -0.25) is 4.79 Å². The van der Waals surface area contributed by atoms with Crippen LogP contribution < -0.4 is 10.1 Å². The second-order valence-corrected chi connectivity index (χ2v) is 9.08. The molecule has 158 valence electrons. The maximum absolute atomic E-state index is 12.5. The van der Waals surface area contributed by atoms with Gasteiger partial charge in [0.2, 0.25) is 5.91 Å². The quantitative estimate of drug-likeness (QED) is 0.467. The SMILES string of the molecule is Cc1cc(Br)cc(C)c1NC(=O)CSc1nnc(COc2c(C)cccc2C)n1C. The molecular weight excluding hydrogens is 464 g/mol. The molecular formula is C22H25BrN4O2S. The summed E-state index contributed by atoms with van der Waals surface area (Å²) in [5.41, 5.74) is 5.06. The van der Waals surface area contributed by atoms with Crippen molar-refractivity contribution in [1.82, 2.24) is 14.8 Å². The lowest BCUT2D eigenvalue weighted by Gasteiger charge is -2.12. The number of aromatic nitrogens is 3. The molecule has 1 amide bonds. The van der Waals surface area contributed by atoms with Crippen molar-refractivity contribution in [2.24, 2.45) is 7.05 Å². The summed E-state index contributed by atoms with van der Waals surface area (Å²) in [5, 5.41) is 12.1. The first-order chi connectivity index (χ1) is 14.3. The lowest BCUT2D eigenvalue weighted by molar-refractivity contribution is -0.113. The molecule has 0 aliphatic rings. The molecule has 0 bridgehead atoms. The highest BCUT2D eigenvalue weighted by molar-refractivity contribution is 9.10. The number of hydrogen-bond acceptors (Lipinski definition) is 5. The van der Waals surface area contributed by atoms with E-state index in [0.717, 1.165) is 38.2 Å². The molecule has 0 unspecified atom stereocenters. The van der Waals surface area contributed by atoms with Crippen LogP contribution in [0.25, 0.3) is 0 Å². The van der Waals surface area contributed by atoms with E-state index in [2.05, 4.69) is 31.4 Å². The number of halogens is 1. The van der Waals surface area contributed by atoms with Gasteiger partial charge in [0.05, 0.1) is 5.75 Å². The van der Waals surface area contributed by atoms with Crippen LogP contribution >= 0.6 is 27.7 Å². The molecule has 0 radical (unpaired) electrons. The lowest BCUT2D eigenvalue weighted by atomic mass is 10.1. The van der Waals surface area contributed by atoms with Gasteiger partial charge in [-0.25, -0.2) is 0 Å². The average Bonchev–Trinajstić information content (AvgIpc) is 3.02. The standard InChI is InChI=1S/C22H25BrN4O2S/c1-13-7-6-8-14(2)21(13)29-11-18-25-26-22(27(18)5)30-12-19(28)24-20-15(3)9-17(23)10-16(20)4/h6-10H,11-12H2,1-5H3,(H,24,28). The van der Waals surface area contributed by atoms with E-state index < -0.39 is 0 Å². The summed E-state index contributed by atoms with van der Waals surface area (Å²) in [7, 11) is 1.88. The van der Waals surface area contributed by atoms with Gasteiger partial charge in [0.1, 0.15) is 12.4 Å². The molecule has 1 heterocycles. The Labute approximate surface area is 189 Å². The number of anilines is 1. The largest absolute Gasteiger partial charge is 0.485 e. The normalized spacial score (nSPS) is 10.9. The summed E-state index contributed by atoms with van der Waals surface area (Å²) in [6.45, 7) is 8.32. The number of thioether (sulfide) groups is 1. The zero-order chi connectivity index (χ0) is 21.8. The number of rotatable bonds is 7. The van der Waals surface area contributed by atoms with E-state index >= 15 is 0 Å². The van der Waals surface area contributed by atoms with E-state index in [9.17, 15) is 4.79 Å². The second-order valence-electron chi connectivity index (χ2n) is 7.22. The minimum Gasteiger partial charge on any atom is -0.485 e. The van der Waals surface area contributed by atoms with Crippen molar-refractivity contribution in [3.05, 3.63) is 62.9 Å². The molecule has 3 aromatic rings. The number of para-hydroxylation sites is 1. The maximum atomic E-state index is 12.5. The van der Waals surface area contributed by atoms with Gasteiger partial charge in [-0.1, -0.05) is 45.9 Å². The Kier molecular flexibility index (Phi) is 7.20. The molecule has 8 heteroatoms. The predicted octanol–water partition coefficient (Wildman–Crippen LogP) is 5.12. The first-order valence-corrected chi connectivity index (χ1v) is 11.3. The van der Waals surface area contributed by atoms with E-state index in [1.54, 1.807) is 0 Å². The monoisotopic (exact) mass is 488 g/mol. The fourth-order valence-corrected chi connectivity index (χ4v) is 4.59. The van der Waals surface area contributed by atoms with Gasteiger partial charge in [0, 0.05) is 17.2 Å². The van der Waals surface area contributed by atoms with E-state index in [0.29, 0.717) is 17.6 Å². The van der Waals surface area contributed by atoms with Crippen LogP contribution in [0.1, 0.15) is 28.1 Å². The number of carbonyl (C=O) groups excluding carboxylic acids is 1. The van der Waals surface area contributed by atoms with Crippen LogP contribution in [-0.2, 0) is 18.4 Å². The number of aryl methyl sites for hydroxylation is 4. The molecule has 6 nitrogen and oxygen atoms in total. The first-order valence-electron chi connectivity index (χ1n) is 9.53. The van der Waals surface area contributed by atoms with Crippen molar-refractivity contribution < 1.29 is 9.53 Å². The third-order valence-corrected chi connectivity index (χ3v) is 6.25. The highest BCUT2D eigenvalue weighted by Gasteiger charge is 2.14. The predicted molar refractivity (Wildman–Crippen MR) is 124 cm³/mol. The molecule has 0 aliphatic carbocycles. The molecule has 3 rings (SSSR count). The molecule has 0 spiro atoms. The fourth-order valence-electron chi connectivity index (χ4n) is 3.17. The fraction of sp³-hybridized carbons (Fsp3) is 0.318. The summed E-state index contributed by atoms with van der Waals surface area (Å²) in [6, 6.07) is 10.0. The Balaban J connectivity index is 1.59. The smallest absolute Gasteiger partial charge is 0.234 e. The minimum absolute atomic E-state index is 0.0788. The zero-order valence-electron chi connectivity index (χ0n) is 17.7. The van der Waals surface area contributed by atoms with Crippen molar-refractivity contribution >= 4 is 39.3 Å². The van der Waals surface area contributed by atoms with Crippen molar-refractivity contribution in [3.63, 3.8) is 0 Å². The number of hydrogen-bond donors (Lipinski definition) is 1. The Bertz CT molecular complexity index is 1040. The highest BCUT2D eigenvalue weighted by atomic mass is 79.9. The number of nitrogens with one attached hydrogen (secondary N) is 1. The van der Waals surface area contributed by atoms with Gasteiger partial charge >= 0.3 is 0 Å². The van der Waals surface area contributed by atoms with Gasteiger partial charge in [-0.05, 0) is 62.1 Å². The van der Waals surface area contributed by atoms with Crippen molar-refractivity contribution in [2.75, 3.05) is 11.1 Å². The molecule has 1 aromatic heterocycles. The third-order valence-electron chi connectivity index (χ3n) is 4.77. The second kappa shape index (κ2) is 9.66. The number of ether oxygens (including phenoxy) is 1. The van der Waals surface area contributed by atoms with Crippen LogP contribution in [-0.4, -0.2) is 26.4 Å². The van der Waals surface area contributed by atoms with Crippen LogP contribution in [0.5, 0.6) is 5.75 Å². The molecule has 0 saturated heterocycles. The average molecular weight is 489 g/mol. The minimum atomic E-state index is -0.0788. The Morgan fingerprint density at radius 1 is 1.10 bits per heavy atom. The van der Waals surface area contributed by atoms with Gasteiger partial charge in [0.15, 0.2) is 11.0 Å². The molecule has 0 fully saturated rings. The number of carbonyl (C=O) groups is 1. The van der Waals surface area contributed by atoms with Crippen LogP contribution in [0.15, 0.2) is 40.0 Å². The van der Waals surface area contributed by atoms with Gasteiger partial charge in [0.25, 0.3) is 0 Å². The molecule has 0 aliphatic heterocycles. The summed E-state index contributed by atoms with van der Waals surface area (Å²) < 4.78 is 8.84. The summed E-state index contributed by atoms with van der Waals surface area (Å²) in [5.74, 6) is 1.75. The van der Waals surface area contributed by atoms with E-state index in [4.69, 9.17) is 4.74 Å². The van der Waals surface area contributed by atoms with Crippen LogP contribution in [0, 0.1) is 27.7 Å². The van der Waals surface area contributed by atoms with Crippen LogP contribution in [0.3, 0.4) is 0 Å². The van der Waals surface area contributed by atoms with E-state index in [1.807, 2.05) is 69.6 Å². The molecule has 0 saturated carbocycles. The van der Waals surface area contributed by atoms with Crippen molar-refractivity contribution in [2.45, 2.75) is 39.5 Å². The summed E-state index contributed by atoms with van der Waals surface area (Å²) in [4.78, 5) is 12.5. The summed E-state index contributed by atoms with van der Waals surface area (Å²) in [6.07, 6.45) is 0. The maximum Gasteiger partial charge on any atom is 0.234 e. The van der Waals surface area contributed by atoms with Crippen LogP contribution in [0.2, 0.25) is 0 Å². The third kappa shape index (κ3) is 5.23. The van der Waals surface area contributed by atoms with Gasteiger partial charge in [-0.15, -0.1) is 10.2 Å². The molecule has 30 heavy (non-hydrogen) atoms. The van der Waals surface area contributed by atoms with Gasteiger partial charge < -0.3 is 14.6 Å². The zero-order valence-corrected chi connectivity index (χ0v) is 20.1. The number of amides is 1. The molecule has 1 N–H and O–H groups in total. The van der Waals surface area contributed by atoms with Crippen molar-refractivity contribution in [1.29, 1.82) is 0 Å². The van der Waals surface area contributed by atoms with E-state index in [1.165, 1.54) is 11.8 Å². The summed E-state index contributed by atoms with van der Waals surface area (Å²) >= 11 is 4.83. The number of nitrogens with zero attached hydrogens (tertiary/aromatic N) is 3. The van der Waals surface area contributed by atoms with Gasteiger partial charge in [-0.2, -0.15) is 0 Å². The number of benzene rings is 2.